The van der Waals surface area contributed by atoms with Crippen molar-refractivity contribution in [2.45, 2.75) is 39.7 Å². The highest BCUT2D eigenvalue weighted by Crippen LogP contribution is 2.30. The van der Waals surface area contributed by atoms with Gasteiger partial charge in [-0.25, -0.2) is 4.68 Å². The van der Waals surface area contributed by atoms with Gasteiger partial charge in [-0.15, -0.1) is 12.4 Å². The second-order valence-electron chi connectivity index (χ2n) is 7.45. The monoisotopic (exact) mass is 348 g/mol. The average molecular weight is 349 g/mol. The molecule has 1 saturated heterocycles. The van der Waals surface area contributed by atoms with Crippen molar-refractivity contribution < 1.29 is 0 Å². The Balaban J connectivity index is 0.00000208. The molecule has 3 rings (SSSR count). The van der Waals surface area contributed by atoms with Gasteiger partial charge in [0.15, 0.2) is 0 Å². The van der Waals surface area contributed by atoms with Crippen LogP contribution in [0.2, 0.25) is 0 Å². The van der Waals surface area contributed by atoms with Crippen molar-refractivity contribution in [1.82, 2.24) is 14.7 Å². The molecule has 0 aliphatic carbocycles. The molecule has 1 aliphatic heterocycles. The molecule has 0 saturated carbocycles. The first-order valence-electron chi connectivity index (χ1n) is 8.57. The normalized spacial score (nSPS) is 21.2. The van der Waals surface area contributed by atoms with Crippen LogP contribution in [0.5, 0.6) is 0 Å². The van der Waals surface area contributed by atoms with Gasteiger partial charge in [0.25, 0.3) is 0 Å². The number of hydrogen-bond donors (Lipinski definition) is 1. The summed E-state index contributed by atoms with van der Waals surface area (Å²) in [6.45, 7) is 10.7. The van der Waals surface area contributed by atoms with Gasteiger partial charge in [0.05, 0.1) is 11.4 Å². The Labute approximate surface area is 151 Å². The number of para-hydroxylation sites is 1. The van der Waals surface area contributed by atoms with Crippen LogP contribution in [0.3, 0.4) is 0 Å². The zero-order valence-electron chi connectivity index (χ0n) is 14.9. The summed E-state index contributed by atoms with van der Waals surface area (Å²) in [5.41, 5.74) is 9.87. The molecule has 0 bridgehead atoms. The van der Waals surface area contributed by atoms with Gasteiger partial charge < -0.3 is 5.73 Å². The molecule has 1 unspecified atom stereocenters. The largest absolute Gasteiger partial charge is 0.330 e. The van der Waals surface area contributed by atoms with Crippen molar-refractivity contribution in [2.24, 2.45) is 11.1 Å². The summed E-state index contributed by atoms with van der Waals surface area (Å²) in [6.07, 6.45) is 3.39. The third-order valence-electron chi connectivity index (χ3n) is 4.91. The second-order valence-corrected chi connectivity index (χ2v) is 7.45. The number of aromatic nitrogens is 2. The van der Waals surface area contributed by atoms with Gasteiger partial charge in [-0.2, -0.15) is 5.10 Å². The molecule has 2 aromatic rings. The topological polar surface area (TPSA) is 47.1 Å². The highest BCUT2D eigenvalue weighted by Gasteiger charge is 2.32. The zero-order chi connectivity index (χ0) is 16.4. The van der Waals surface area contributed by atoms with Gasteiger partial charge >= 0.3 is 0 Å². The summed E-state index contributed by atoms with van der Waals surface area (Å²) in [5.74, 6) is 0.429. The molecule has 5 heteroatoms. The van der Waals surface area contributed by atoms with E-state index in [0.29, 0.717) is 5.92 Å². The SMILES string of the molecule is CC(C)c1nn(-c2ccccc2)cc1CN1CCC(C)(CN)C1.Cl. The zero-order valence-corrected chi connectivity index (χ0v) is 15.7. The molecule has 132 valence electrons. The minimum Gasteiger partial charge on any atom is -0.330 e. The molecule has 1 atom stereocenters. The van der Waals surface area contributed by atoms with Crippen LogP contribution in [0, 0.1) is 5.41 Å². The first-order valence-corrected chi connectivity index (χ1v) is 8.57. The number of nitrogens with zero attached hydrogens (tertiary/aromatic N) is 3. The fourth-order valence-corrected chi connectivity index (χ4v) is 3.41. The molecular weight excluding hydrogens is 320 g/mol. The Morgan fingerprint density at radius 1 is 1.25 bits per heavy atom. The van der Waals surface area contributed by atoms with Crippen LogP contribution in [0.4, 0.5) is 0 Å². The Kier molecular flexibility index (Phi) is 6.07. The quantitative estimate of drug-likeness (QED) is 0.898. The van der Waals surface area contributed by atoms with Crippen molar-refractivity contribution >= 4 is 12.4 Å². The highest BCUT2D eigenvalue weighted by molar-refractivity contribution is 5.85. The Hall–Kier alpha value is -1.36. The lowest BCUT2D eigenvalue weighted by molar-refractivity contribution is 0.273. The second kappa shape index (κ2) is 7.68. The molecule has 1 fully saturated rings. The van der Waals surface area contributed by atoms with Crippen molar-refractivity contribution in [1.29, 1.82) is 0 Å². The van der Waals surface area contributed by atoms with E-state index in [2.05, 4.69) is 56.1 Å². The van der Waals surface area contributed by atoms with E-state index >= 15 is 0 Å². The maximum absolute atomic E-state index is 5.94. The Bertz CT molecular complexity index is 653. The van der Waals surface area contributed by atoms with Crippen LogP contribution in [0.25, 0.3) is 5.69 Å². The van der Waals surface area contributed by atoms with E-state index in [1.807, 2.05) is 10.7 Å². The first kappa shape index (κ1) is 19.0. The van der Waals surface area contributed by atoms with Crippen LogP contribution >= 0.6 is 12.4 Å². The van der Waals surface area contributed by atoms with E-state index in [4.69, 9.17) is 10.8 Å². The number of hydrogen-bond acceptors (Lipinski definition) is 3. The van der Waals surface area contributed by atoms with Gasteiger partial charge in [-0.05, 0) is 43.0 Å². The van der Waals surface area contributed by atoms with Crippen molar-refractivity contribution in [3.8, 4) is 5.69 Å². The molecule has 1 aliphatic rings. The van der Waals surface area contributed by atoms with Gasteiger partial charge in [-0.1, -0.05) is 39.0 Å². The smallest absolute Gasteiger partial charge is 0.0699 e. The number of benzene rings is 1. The number of likely N-dealkylation sites (tertiary alicyclic amines) is 1. The highest BCUT2D eigenvalue weighted by atomic mass is 35.5. The third-order valence-corrected chi connectivity index (χ3v) is 4.91. The standard InChI is InChI=1S/C19H28N4.ClH/c1-15(2)18-16(11-22-10-9-19(3,13-20)14-22)12-23(21-18)17-7-5-4-6-8-17;/h4-8,12,15H,9-11,13-14,20H2,1-3H3;1H. The van der Waals surface area contributed by atoms with Crippen LogP contribution in [-0.4, -0.2) is 34.3 Å². The molecule has 24 heavy (non-hydrogen) atoms. The van der Waals surface area contributed by atoms with Crippen LogP contribution < -0.4 is 5.73 Å². The molecule has 1 aromatic heterocycles. The summed E-state index contributed by atoms with van der Waals surface area (Å²) < 4.78 is 2.02. The number of rotatable bonds is 5. The lowest BCUT2D eigenvalue weighted by Gasteiger charge is -2.22. The van der Waals surface area contributed by atoms with E-state index < -0.39 is 0 Å². The van der Waals surface area contributed by atoms with E-state index in [-0.39, 0.29) is 17.8 Å². The van der Waals surface area contributed by atoms with Gasteiger partial charge in [0.1, 0.15) is 0 Å². The van der Waals surface area contributed by atoms with E-state index in [0.717, 1.165) is 31.9 Å². The third kappa shape index (κ3) is 4.00. The number of halogens is 1. The summed E-state index contributed by atoms with van der Waals surface area (Å²) >= 11 is 0. The van der Waals surface area contributed by atoms with Crippen LogP contribution in [0.15, 0.2) is 36.5 Å². The lowest BCUT2D eigenvalue weighted by Crippen LogP contribution is -2.31. The van der Waals surface area contributed by atoms with Crippen molar-refractivity contribution in [3.63, 3.8) is 0 Å². The lowest BCUT2D eigenvalue weighted by atomic mass is 9.90. The molecule has 2 N–H and O–H groups in total. The molecule has 1 aromatic carbocycles. The van der Waals surface area contributed by atoms with Gasteiger partial charge in [0, 0.05) is 24.8 Å². The maximum atomic E-state index is 5.94. The summed E-state index contributed by atoms with van der Waals surface area (Å²) in [6, 6.07) is 10.3. The van der Waals surface area contributed by atoms with Crippen molar-refractivity contribution in [3.05, 3.63) is 47.8 Å². The molecule has 4 nitrogen and oxygen atoms in total. The summed E-state index contributed by atoms with van der Waals surface area (Å²) in [7, 11) is 0. The predicted octanol–water partition coefficient (Wildman–Crippen LogP) is 3.59. The van der Waals surface area contributed by atoms with E-state index in [9.17, 15) is 0 Å². The molecule has 0 spiro atoms. The van der Waals surface area contributed by atoms with Crippen molar-refractivity contribution in [2.75, 3.05) is 19.6 Å². The summed E-state index contributed by atoms with van der Waals surface area (Å²) in [4.78, 5) is 2.52. The van der Waals surface area contributed by atoms with E-state index in [1.165, 1.54) is 17.7 Å². The minimum atomic E-state index is 0. The first-order chi connectivity index (χ1) is 11.0. The Morgan fingerprint density at radius 2 is 1.96 bits per heavy atom. The van der Waals surface area contributed by atoms with Gasteiger partial charge in [-0.3, -0.25) is 4.90 Å². The molecule has 2 heterocycles. The summed E-state index contributed by atoms with van der Waals surface area (Å²) in [5, 5.41) is 4.84. The fraction of sp³-hybridized carbons (Fsp3) is 0.526. The fourth-order valence-electron chi connectivity index (χ4n) is 3.41. The molecule has 0 radical (unpaired) electrons. The van der Waals surface area contributed by atoms with Crippen LogP contribution in [0.1, 0.15) is 44.4 Å². The predicted molar refractivity (Wildman–Crippen MR) is 102 cm³/mol. The Morgan fingerprint density at radius 3 is 2.54 bits per heavy atom. The molecule has 0 amide bonds. The number of nitrogens with two attached hydrogens (primary N) is 1. The van der Waals surface area contributed by atoms with E-state index in [1.54, 1.807) is 0 Å². The minimum absolute atomic E-state index is 0. The van der Waals surface area contributed by atoms with Crippen LogP contribution in [-0.2, 0) is 6.54 Å². The molecular formula is C19H29ClN4. The van der Waals surface area contributed by atoms with Gasteiger partial charge in [0.2, 0.25) is 0 Å². The maximum Gasteiger partial charge on any atom is 0.0699 e. The average Bonchev–Trinajstić information content (AvgIpc) is 3.13.